The van der Waals surface area contributed by atoms with Crippen molar-refractivity contribution < 1.29 is 60.0 Å². The standard InChI is InChI=1S/C6H9F3O3.C4H10O2.C3H3F3O2/c1-4(12-5(2)10)3-11-6(7,8)9;1-4(5)3-6-2;1-2(7)8-3(4,5)6/h4H,3H2,1-2H3;4-5H,3H2,1-2H3;1H3. The van der Waals surface area contributed by atoms with Gasteiger partial charge in [-0.1, -0.05) is 0 Å². The van der Waals surface area contributed by atoms with E-state index < -0.39 is 37.4 Å². The van der Waals surface area contributed by atoms with E-state index in [0.29, 0.717) is 13.5 Å². The van der Waals surface area contributed by atoms with E-state index in [1.807, 2.05) is 0 Å². The third kappa shape index (κ3) is 38.1. The number of halogens is 6. The Bertz CT molecular complexity index is 382. The number of hydrogen-bond donors (Lipinski definition) is 1. The molecule has 0 aromatic heterocycles. The second-order valence-electron chi connectivity index (χ2n) is 4.52. The smallest absolute Gasteiger partial charge is 0.460 e. The molecular weight excluding hydrogens is 382 g/mol. The summed E-state index contributed by atoms with van der Waals surface area (Å²) in [4.78, 5) is 19.7. The zero-order valence-electron chi connectivity index (χ0n) is 14.7. The zero-order chi connectivity index (χ0) is 21.6. The van der Waals surface area contributed by atoms with Crippen LogP contribution in [0.3, 0.4) is 0 Å². The van der Waals surface area contributed by atoms with E-state index in [2.05, 4.69) is 18.9 Å². The number of methoxy groups -OCH3 is 1. The first-order chi connectivity index (χ1) is 11.5. The molecule has 0 rings (SSSR count). The summed E-state index contributed by atoms with van der Waals surface area (Å²) in [6, 6.07) is 0. The molecule has 2 unspecified atom stereocenters. The number of alkyl halides is 6. The van der Waals surface area contributed by atoms with Crippen LogP contribution in [-0.4, -0.2) is 62.3 Å². The molecule has 0 saturated heterocycles. The third-order valence-corrected chi connectivity index (χ3v) is 1.52. The molecule has 0 radical (unpaired) electrons. The predicted molar refractivity (Wildman–Crippen MR) is 74.6 cm³/mol. The van der Waals surface area contributed by atoms with Crippen molar-refractivity contribution in [2.24, 2.45) is 0 Å². The highest BCUT2D eigenvalue weighted by atomic mass is 19.4. The summed E-state index contributed by atoms with van der Waals surface area (Å²) >= 11 is 0. The van der Waals surface area contributed by atoms with Crippen LogP contribution >= 0.6 is 0 Å². The van der Waals surface area contributed by atoms with Gasteiger partial charge in [-0.3, -0.25) is 14.3 Å². The zero-order valence-corrected chi connectivity index (χ0v) is 14.7. The van der Waals surface area contributed by atoms with E-state index >= 15 is 0 Å². The quantitative estimate of drug-likeness (QED) is 0.556. The minimum atomic E-state index is -4.83. The summed E-state index contributed by atoms with van der Waals surface area (Å²) in [5.41, 5.74) is 0. The SMILES string of the molecule is CC(=O)OC(C)COC(F)(F)F.CC(=O)OC(F)(F)F.COCC(C)O. The van der Waals surface area contributed by atoms with E-state index in [-0.39, 0.29) is 6.10 Å². The topological polar surface area (TPSA) is 91.3 Å². The summed E-state index contributed by atoms with van der Waals surface area (Å²) in [5.74, 6) is -1.98. The van der Waals surface area contributed by atoms with Gasteiger partial charge in [0.25, 0.3) is 0 Å². The van der Waals surface area contributed by atoms with Gasteiger partial charge in [0, 0.05) is 21.0 Å². The van der Waals surface area contributed by atoms with Crippen molar-refractivity contribution in [3.05, 3.63) is 0 Å². The van der Waals surface area contributed by atoms with Crippen LogP contribution in [0, 0.1) is 0 Å². The number of rotatable bonds is 5. The van der Waals surface area contributed by atoms with Gasteiger partial charge in [-0.25, -0.2) is 0 Å². The van der Waals surface area contributed by atoms with Crippen molar-refractivity contribution in [2.45, 2.75) is 52.6 Å². The van der Waals surface area contributed by atoms with Crippen LogP contribution in [0.15, 0.2) is 0 Å². The molecule has 0 fully saturated rings. The Kier molecular flexibility index (Phi) is 16.3. The van der Waals surface area contributed by atoms with Gasteiger partial charge in [0.15, 0.2) is 0 Å². The number of carbonyl (C=O) groups is 2. The molecular formula is C13H22F6O7. The van der Waals surface area contributed by atoms with Gasteiger partial charge in [0.1, 0.15) is 6.10 Å². The van der Waals surface area contributed by atoms with Crippen LogP contribution in [0.5, 0.6) is 0 Å². The molecule has 2 atom stereocenters. The molecule has 0 aliphatic heterocycles. The average molecular weight is 404 g/mol. The van der Waals surface area contributed by atoms with Crippen molar-refractivity contribution in [1.82, 2.24) is 0 Å². The molecule has 0 spiro atoms. The van der Waals surface area contributed by atoms with Gasteiger partial charge in [-0.2, -0.15) is 0 Å². The summed E-state index contributed by atoms with van der Waals surface area (Å²) in [5, 5.41) is 8.43. The van der Waals surface area contributed by atoms with Crippen molar-refractivity contribution in [3.63, 3.8) is 0 Å². The average Bonchev–Trinajstić information content (AvgIpc) is 2.33. The van der Waals surface area contributed by atoms with E-state index in [0.717, 1.165) is 6.92 Å². The lowest BCUT2D eigenvalue weighted by molar-refractivity contribution is -0.330. The van der Waals surface area contributed by atoms with Crippen LogP contribution in [0.1, 0.15) is 27.7 Å². The van der Waals surface area contributed by atoms with E-state index in [1.54, 1.807) is 14.0 Å². The first kappa shape index (κ1) is 29.2. The van der Waals surface area contributed by atoms with Gasteiger partial charge in [0.05, 0.1) is 19.3 Å². The Hall–Kier alpha value is -1.60. The number of ether oxygens (including phenoxy) is 4. The van der Waals surface area contributed by atoms with Crippen LogP contribution in [-0.2, 0) is 28.5 Å². The van der Waals surface area contributed by atoms with E-state index in [4.69, 9.17) is 5.11 Å². The van der Waals surface area contributed by atoms with Gasteiger partial charge in [-0.15, -0.1) is 26.3 Å². The molecule has 13 heteroatoms. The van der Waals surface area contributed by atoms with Gasteiger partial charge in [-0.05, 0) is 13.8 Å². The highest BCUT2D eigenvalue weighted by Crippen LogP contribution is 2.16. The summed E-state index contributed by atoms with van der Waals surface area (Å²) in [6.45, 7) is 4.55. The number of esters is 2. The van der Waals surface area contributed by atoms with Crippen molar-refractivity contribution >= 4 is 11.9 Å². The Balaban J connectivity index is -0.000000328. The molecule has 0 aliphatic carbocycles. The summed E-state index contributed by atoms with van der Waals surface area (Å²) in [7, 11) is 1.56. The van der Waals surface area contributed by atoms with Crippen molar-refractivity contribution in [2.75, 3.05) is 20.3 Å². The first-order valence-electron chi connectivity index (χ1n) is 6.81. The highest BCUT2D eigenvalue weighted by Gasteiger charge is 2.32. The number of aliphatic hydroxyl groups excluding tert-OH is 1. The van der Waals surface area contributed by atoms with Gasteiger partial charge in [0.2, 0.25) is 0 Å². The van der Waals surface area contributed by atoms with Crippen molar-refractivity contribution in [1.29, 1.82) is 0 Å². The number of hydrogen-bond acceptors (Lipinski definition) is 7. The fourth-order valence-electron chi connectivity index (χ4n) is 0.933. The lowest BCUT2D eigenvalue weighted by atomic mass is 10.4. The fourth-order valence-corrected chi connectivity index (χ4v) is 0.933. The molecule has 26 heavy (non-hydrogen) atoms. The molecule has 7 nitrogen and oxygen atoms in total. The maximum Gasteiger partial charge on any atom is 0.575 e. The largest absolute Gasteiger partial charge is 0.575 e. The van der Waals surface area contributed by atoms with Crippen LogP contribution in [0.25, 0.3) is 0 Å². The maximum absolute atomic E-state index is 11.4. The van der Waals surface area contributed by atoms with Gasteiger partial charge >= 0.3 is 24.7 Å². The Labute approximate surface area is 146 Å². The Morgan fingerprint density at radius 2 is 1.38 bits per heavy atom. The summed E-state index contributed by atoms with van der Waals surface area (Å²) in [6.07, 6.45) is -10.7. The second-order valence-corrected chi connectivity index (χ2v) is 4.52. The van der Waals surface area contributed by atoms with Crippen molar-refractivity contribution in [3.8, 4) is 0 Å². The fraction of sp³-hybridized carbons (Fsp3) is 0.846. The lowest BCUT2D eigenvalue weighted by Crippen LogP contribution is -2.24. The Morgan fingerprint density at radius 1 is 0.923 bits per heavy atom. The number of carbonyl (C=O) groups excluding carboxylic acids is 2. The Morgan fingerprint density at radius 3 is 1.54 bits per heavy atom. The molecule has 0 aromatic rings. The summed E-state index contributed by atoms with van der Waals surface area (Å²) < 4.78 is 81.9. The molecule has 158 valence electrons. The molecule has 0 amide bonds. The molecule has 1 N–H and O–H groups in total. The van der Waals surface area contributed by atoms with E-state index in [9.17, 15) is 35.9 Å². The number of aliphatic hydroxyl groups is 1. The monoisotopic (exact) mass is 404 g/mol. The minimum Gasteiger partial charge on any atom is -0.460 e. The van der Waals surface area contributed by atoms with E-state index in [1.165, 1.54) is 6.92 Å². The van der Waals surface area contributed by atoms with Crippen LogP contribution in [0.4, 0.5) is 26.3 Å². The lowest BCUT2D eigenvalue weighted by Gasteiger charge is -2.13. The maximum atomic E-state index is 11.4. The highest BCUT2D eigenvalue weighted by molar-refractivity contribution is 5.66. The third-order valence-electron chi connectivity index (χ3n) is 1.52. The first-order valence-corrected chi connectivity index (χ1v) is 6.81. The molecule has 0 bridgehead atoms. The normalized spacial score (nSPS) is 13.2. The van der Waals surface area contributed by atoms with Gasteiger partial charge < -0.3 is 19.3 Å². The second kappa shape index (κ2) is 14.6. The molecule has 0 saturated carbocycles. The molecule has 0 aromatic carbocycles. The molecule has 0 aliphatic rings. The van der Waals surface area contributed by atoms with Crippen LogP contribution in [0.2, 0.25) is 0 Å². The predicted octanol–water partition coefficient (Wildman–Crippen LogP) is 2.56. The van der Waals surface area contributed by atoms with Crippen LogP contribution < -0.4 is 0 Å². The minimum absolute atomic E-state index is 0.324. The molecule has 0 heterocycles.